The molecule has 2 nitrogen and oxygen atoms in total. The van der Waals surface area contributed by atoms with Gasteiger partial charge in [-0.05, 0) is 70.0 Å². The van der Waals surface area contributed by atoms with Gasteiger partial charge in [0.15, 0.2) is 0 Å². The molecule has 190 valence electrons. The molecule has 0 fully saturated rings. The molecule has 0 aliphatic heterocycles. The van der Waals surface area contributed by atoms with Crippen LogP contribution in [0.3, 0.4) is 0 Å². The van der Waals surface area contributed by atoms with Gasteiger partial charge in [0.25, 0.3) is 0 Å². The topological polar surface area (TPSA) is 24.4 Å². The van der Waals surface area contributed by atoms with Crippen molar-refractivity contribution in [3.05, 3.63) is 106 Å². The number of hydrogen-bond acceptors (Lipinski definition) is 2. The maximum atomic E-state index is 13.6. The van der Waals surface area contributed by atoms with Crippen molar-refractivity contribution in [2.45, 2.75) is 58.7 Å². The Bertz CT molecular complexity index is 1480. The van der Waals surface area contributed by atoms with E-state index in [0.29, 0.717) is 11.3 Å². The predicted octanol–water partition coefficient (Wildman–Crippen LogP) is 9.70. The zero-order valence-corrected chi connectivity index (χ0v) is 21.7. The monoisotopic (exact) mass is 500 g/mol. The van der Waals surface area contributed by atoms with Crippen molar-refractivity contribution >= 4 is 27.9 Å². The number of alkyl halides is 3. The molecule has 0 amide bonds. The van der Waals surface area contributed by atoms with Gasteiger partial charge in [0.1, 0.15) is 0 Å². The molecule has 37 heavy (non-hydrogen) atoms. The van der Waals surface area contributed by atoms with E-state index in [0.717, 1.165) is 44.4 Å². The van der Waals surface area contributed by atoms with Gasteiger partial charge in [-0.2, -0.15) is 13.2 Å². The number of aliphatic imine (C=N–C) groups is 1. The molecule has 0 heterocycles. The van der Waals surface area contributed by atoms with E-state index in [1.54, 1.807) is 13.0 Å². The van der Waals surface area contributed by atoms with Gasteiger partial charge in [-0.1, -0.05) is 82.3 Å². The second-order valence-corrected chi connectivity index (χ2v) is 10.5. The quantitative estimate of drug-likeness (QED) is 0.290. The van der Waals surface area contributed by atoms with Gasteiger partial charge in [0.2, 0.25) is 0 Å². The van der Waals surface area contributed by atoms with Crippen molar-refractivity contribution in [1.29, 1.82) is 0 Å². The summed E-state index contributed by atoms with van der Waals surface area (Å²) in [6, 6.07) is 22.3. The van der Waals surface area contributed by atoms with Crippen LogP contribution in [0.1, 0.15) is 79.0 Å². The highest BCUT2D eigenvalue weighted by molar-refractivity contribution is 6.22. The van der Waals surface area contributed by atoms with Crippen LogP contribution in [0.5, 0.6) is 0 Å². The first-order valence-corrected chi connectivity index (χ1v) is 12.7. The highest BCUT2D eigenvalue weighted by atomic mass is 19.4. The number of nitrogens with zero attached hydrogens (tertiary/aromatic N) is 1. The molecule has 0 saturated heterocycles. The second kappa shape index (κ2) is 9.37. The molecular formula is C32H31F3N2. The third kappa shape index (κ3) is 4.63. The summed E-state index contributed by atoms with van der Waals surface area (Å²) < 4.78 is 40.8. The molecule has 0 bridgehead atoms. The van der Waals surface area contributed by atoms with Crippen molar-refractivity contribution in [1.82, 2.24) is 0 Å². The molecule has 5 rings (SSSR count). The molecule has 0 saturated carbocycles. The smallest absolute Gasteiger partial charge is 0.373 e. The maximum absolute atomic E-state index is 13.6. The minimum Gasteiger partial charge on any atom is -0.373 e. The van der Waals surface area contributed by atoms with Crippen LogP contribution in [0.4, 0.5) is 24.5 Å². The van der Waals surface area contributed by atoms with E-state index in [4.69, 9.17) is 4.99 Å². The van der Waals surface area contributed by atoms with Crippen LogP contribution in [-0.2, 0) is 6.18 Å². The van der Waals surface area contributed by atoms with E-state index in [9.17, 15) is 13.2 Å². The van der Waals surface area contributed by atoms with Gasteiger partial charge in [0.05, 0.1) is 23.0 Å². The summed E-state index contributed by atoms with van der Waals surface area (Å²) >= 11 is 0. The lowest BCUT2D eigenvalue weighted by Gasteiger charge is -2.21. The summed E-state index contributed by atoms with van der Waals surface area (Å²) in [6.45, 7) is 10.3. The number of rotatable bonds is 5. The fourth-order valence-corrected chi connectivity index (χ4v) is 5.36. The first-order valence-electron chi connectivity index (χ1n) is 12.7. The maximum Gasteiger partial charge on any atom is 0.416 e. The van der Waals surface area contributed by atoms with Crippen molar-refractivity contribution in [3.8, 4) is 0 Å². The minimum absolute atomic E-state index is 0.273. The van der Waals surface area contributed by atoms with E-state index < -0.39 is 11.7 Å². The number of para-hydroxylation sites is 1. The summed E-state index contributed by atoms with van der Waals surface area (Å²) in [7, 11) is 0. The number of halogens is 3. The van der Waals surface area contributed by atoms with E-state index in [1.807, 2.05) is 18.2 Å². The molecule has 0 radical (unpaired) electrons. The second-order valence-electron chi connectivity index (χ2n) is 10.5. The molecule has 1 atom stereocenters. The zero-order chi connectivity index (χ0) is 26.5. The van der Waals surface area contributed by atoms with Gasteiger partial charge in [0, 0.05) is 11.3 Å². The van der Waals surface area contributed by atoms with Crippen LogP contribution in [0.15, 0.2) is 77.8 Å². The molecule has 1 unspecified atom stereocenters. The first-order chi connectivity index (χ1) is 17.5. The third-order valence-electron chi connectivity index (χ3n) is 7.09. The Labute approximate surface area is 216 Å². The Morgan fingerprint density at radius 1 is 0.811 bits per heavy atom. The fourth-order valence-electron chi connectivity index (χ4n) is 5.36. The van der Waals surface area contributed by atoms with Crippen LogP contribution in [-0.4, -0.2) is 5.71 Å². The Morgan fingerprint density at radius 3 is 2.05 bits per heavy atom. The molecule has 4 aromatic carbocycles. The molecule has 1 N–H and O–H groups in total. The molecule has 1 aliphatic rings. The van der Waals surface area contributed by atoms with Crippen LogP contribution in [0, 0.1) is 6.92 Å². The summed E-state index contributed by atoms with van der Waals surface area (Å²) in [5.41, 5.74) is 6.47. The van der Waals surface area contributed by atoms with Crippen LogP contribution >= 0.6 is 0 Å². The lowest BCUT2D eigenvalue weighted by Crippen LogP contribution is -2.18. The van der Waals surface area contributed by atoms with E-state index in [1.165, 1.54) is 12.1 Å². The molecular weight excluding hydrogens is 469 g/mol. The number of nitrogens with one attached hydrogen (secondary N) is 1. The predicted molar refractivity (Wildman–Crippen MR) is 147 cm³/mol. The average molecular weight is 501 g/mol. The van der Waals surface area contributed by atoms with Crippen LogP contribution < -0.4 is 5.32 Å². The Kier molecular flexibility index (Phi) is 6.35. The van der Waals surface area contributed by atoms with E-state index in [-0.39, 0.29) is 17.9 Å². The van der Waals surface area contributed by atoms with Crippen molar-refractivity contribution in [3.63, 3.8) is 0 Å². The first kappa shape index (κ1) is 25.1. The van der Waals surface area contributed by atoms with Gasteiger partial charge in [-0.25, -0.2) is 4.99 Å². The van der Waals surface area contributed by atoms with Crippen molar-refractivity contribution in [2.75, 3.05) is 5.32 Å². The van der Waals surface area contributed by atoms with E-state index >= 15 is 0 Å². The summed E-state index contributed by atoms with van der Waals surface area (Å²) in [6.07, 6.45) is -4.42. The van der Waals surface area contributed by atoms with Crippen molar-refractivity contribution < 1.29 is 13.2 Å². The van der Waals surface area contributed by atoms with Crippen LogP contribution in [0.2, 0.25) is 0 Å². The largest absolute Gasteiger partial charge is 0.416 e. The SMILES string of the molecule is Cc1cc(NC2/C(=N/c3c(C(C)C)cccc3C(C)C)c3cccc4cccc2c34)cc(C(F)(F)F)c1. The Morgan fingerprint density at radius 2 is 1.43 bits per heavy atom. The van der Waals surface area contributed by atoms with Gasteiger partial charge < -0.3 is 5.32 Å². The third-order valence-corrected chi connectivity index (χ3v) is 7.09. The number of anilines is 1. The fraction of sp³-hybridized carbons (Fsp3) is 0.281. The minimum atomic E-state index is -4.42. The lowest BCUT2D eigenvalue weighted by molar-refractivity contribution is -0.137. The molecule has 1 aliphatic carbocycles. The highest BCUT2D eigenvalue weighted by Gasteiger charge is 2.34. The number of hydrogen-bond donors (Lipinski definition) is 1. The summed E-state index contributed by atoms with van der Waals surface area (Å²) in [5.74, 6) is 0.547. The highest BCUT2D eigenvalue weighted by Crippen LogP contribution is 2.43. The zero-order valence-electron chi connectivity index (χ0n) is 21.7. The molecule has 4 aromatic rings. The molecule has 5 heteroatoms. The van der Waals surface area contributed by atoms with Crippen molar-refractivity contribution in [2.24, 2.45) is 4.99 Å². The standard InChI is InChI=1S/C32H31F3N2/c1-18(2)24-11-8-12-25(19(3)4)29(24)37-31-27-14-7-10-21-9-6-13-26(28(21)27)30(31)36-23-16-20(5)15-22(17-23)32(33,34)35/h6-19,30,36H,1-5H3/b37-31+. The van der Waals surface area contributed by atoms with Gasteiger partial charge in [-0.15, -0.1) is 0 Å². The number of benzene rings is 4. The van der Waals surface area contributed by atoms with Crippen LogP contribution in [0.25, 0.3) is 10.8 Å². The Balaban J connectivity index is 1.73. The number of aryl methyl sites for hydroxylation is 1. The van der Waals surface area contributed by atoms with E-state index in [2.05, 4.69) is 69.4 Å². The van der Waals surface area contributed by atoms with Gasteiger partial charge >= 0.3 is 6.18 Å². The van der Waals surface area contributed by atoms with Gasteiger partial charge in [-0.3, -0.25) is 0 Å². The molecule has 0 aromatic heterocycles. The Hall–Kier alpha value is -3.60. The summed E-state index contributed by atoms with van der Waals surface area (Å²) in [5, 5.41) is 5.62. The molecule has 0 spiro atoms. The average Bonchev–Trinajstić information content (AvgIpc) is 3.12. The summed E-state index contributed by atoms with van der Waals surface area (Å²) in [4.78, 5) is 5.34. The lowest BCUT2D eigenvalue weighted by atomic mass is 9.92. The normalized spacial score (nSPS) is 16.4.